The molecule has 1 unspecified atom stereocenters. The zero-order valence-corrected chi connectivity index (χ0v) is 8.82. The number of methoxy groups -OCH3 is 1. The van der Waals surface area contributed by atoms with Gasteiger partial charge in [0, 0.05) is 19.2 Å². The van der Waals surface area contributed by atoms with Crippen molar-refractivity contribution in [3.63, 3.8) is 0 Å². The summed E-state index contributed by atoms with van der Waals surface area (Å²) in [6, 6.07) is 1.71. The standard InChI is InChI=1S/C10H15NO4/c1-7-3-4-15-9(7)10(13)11-5-8(12)6-14-2/h3-4,8,12H,5-6H2,1-2H3,(H,11,13). The number of carbonyl (C=O) groups excluding carboxylic acids is 1. The molecular weight excluding hydrogens is 198 g/mol. The first-order valence-electron chi connectivity index (χ1n) is 4.64. The fourth-order valence-electron chi connectivity index (χ4n) is 1.15. The Morgan fingerprint density at radius 3 is 3.00 bits per heavy atom. The summed E-state index contributed by atoms with van der Waals surface area (Å²) in [4.78, 5) is 11.5. The molecule has 1 aromatic heterocycles. The van der Waals surface area contributed by atoms with Gasteiger partial charge in [0.05, 0.1) is 19.0 Å². The summed E-state index contributed by atoms with van der Waals surface area (Å²) in [5, 5.41) is 11.8. The minimum absolute atomic E-state index is 0.146. The number of ether oxygens (including phenoxy) is 1. The lowest BCUT2D eigenvalue weighted by Crippen LogP contribution is -2.34. The van der Waals surface area contributed by atoms with Crippen LogP contribution in [0, 0.1) is 6.92 Å². The molecule has 0 saturated heterocycles. The van der Waals surface area contributed by atoms with E-state index in [9.17, 15) is 9.90 Å². The van der Waals surface area contributed by atoms with Crippen molar-refractivity contribution in [2.75, 3.05) is 20.3 Å². The highest BCUT2D eigenvalue weighted by Crippen LogP contribution is 2.07. The Kier molecular flexibility index (Phi) is 4.33. The van der Waals surface area contributed by atoms with Crippen LogP contribution in [0.5, 0.6) is 0 Å². The van der Waals surface area contributed by atoms with Crippen LogP contribution in [0.4, 0.5) is 0 Å². The molecule has 0 aliphatic heterocycles. The summed E-state index contributed by atoms with van der Waals surface area (Å²) in [6.07, 6.45) is 0.754. The Hall–Kier alpha value is -1.33. The largest absolute Gasteiger partial charge is 0.459 e. The molecule has 1 aromatic rings. The second-order valence-corrected chi connectivity index (χ2v) is 3.25. The summed E-state index contributed by atoms with van der Waals surface area (Å²) in [7, 11) is 1.49. The van der Waals surface area contributed by atoms with Crippen LogP contribution in [0.2, 0.25) is 0 Å². The van der Waals surface area contributed by atoms with E-state index in [1.807, 2.05) is 0 Å². The number of aliphatic hydroxyl groups is 1. The molecule has 1 rings (SSSR count). The van der Waals surface area contributed by atoms with E-state index in [0.29, 0.717) is 0 Å². The van der Waals surface area contributed by atoms with E-state index in [0.717, 1.165) is 5.56 Å². The molecule has 0 spiro atoms. The highest BCUT2D eigenvalue weighted by molar-refractivity contribution is 5.92. The number of hydrogen-bond acceptors (Lipinski definition) is 4. The Balaban J connectivity index is 2.40. The van der Waals surface area contributed by atoms with Crippen molar-refractivity contribution in [3.05, 3.63) is 23.7 Å². The molecule has 0 aliphatic carbocycles. The molecule has 0 saturated carbocycles. The van der Waals surface area contributed by atoms with Gasteiger partial charge in [-0.25, -0.2) is 0 Å². The van der Waals surface area contributed by atoms with Crippen molar-refractivity contribution >= 4 is 5.91 Å². The van der Waals surface area contributed by atoms with Crippen LogP contribution in [0.3, 0.4) is 0 Å². The Bertz CT molecular complexity index is 321. The first-order chi connectivity index (χ1) is 7.15. The van der Waals surface area contributed by atoms with Gasteiger partial charge in [0.2, 0.25) is 0 Å². The second-order valence-electron chi connectivity index (χ2n) is 3.25. The maximum absolute atomic E-state index is 11.5. The van der Waals surface area contributed by atoms with Crippen molar-refractivity contribution in [2.45, 2.75) is 13.0 Å². The van der Waals surface area contributed by atoms with Crippen LogP contribution in [-0.4, -0.2) is 37.4 Å². The molecule has 1 heterocycles. The minimum atomic E-state index is -0.700. The van der Waals surface area contributed by atoms with Gasteiger partial charge in [-0.15, -0.1) is 0 Å². The highest BCUT2D eigenvalue weighted by atomic mass is 16.5. The van der Waals surface area contributed by atoms with Crippen LogP contribution < -0.4 is 5.32 Å². The summed E-state index contributed by atoms with van der Waals surface area (Å²) in [5.74, 6) is -0.0488. The lowest BCUT2D eigenvalue weighted by Gasteiger charge is -2.09. The molecular formula is C10H15NO4. The van der Waals surface area contributed by atoms with Crippen molar-refractivity contribution < 1.29 is 19.1 Å². The van der Waals surface area contributed by atoms with Crippen molar-refractivity contribution in [2.24, 2.45) is 0 Å². The van der Waals surface area contributed by atoms with Crippen LogP contribution in [0.15, 0.2) is 16.7 Å². The average Bonchev–Trinajstić information content (AvgIpc) is 2.61. The first-order valence-corrected chi connectivity index (χ1v) is 4.64. The number of aliphatic hydroxyl groups excluding tert-OH is 1. The molecule has 15 heavy (non-hydrogen) atoms. The van der Waals surface area contributed by atoms with Gasteiger partial charge < -0.3 is 19.6 Å². The van der Waals surface area contributed by atoms with Crippen LogP contribution in [-0.2, 0) is 4.74 Å². The zero-order valence-electron chi connectivity index (χ0n) is 8.82. The molecule has 0 aromatic carbocycles. The quantitative estimate of drug-likeness (QED) is 0.739. The predicted molar refractivity (Wildman–Crippen MR) is 53.7 cm³/mol. The van der Waals surface area contributed by atoms with Crippen LogP contribution in [0.25, 0.3) is 0 Å². The lowest BCUT2D eigenvalue weighted by atomic mass is 10.2. The van der Waals surface area contributed by atoms with E-state index in [4.69, 9.17) is 9.15 Å². The Labute approximate surface area is 88.0 Å². The molecule has 5 nitrogen and oxygen atoms in total. The van der Waals surface area contributed by atoms with Gasteiger partial charge in [-0.3, -0.25) is 4.79 Å². The SMILES string of the molecule is COCC(O)CNC(=O)c1occc1C. The fourth-order valence-corrected chi connectivity index (χ4v) is 1.15. The van der Waals surface area contributed by atoms with E-state index in [1.165, 1.54) is 13.4 Å². The number of rotatable bonds is 5. The van der Waals surface area contributed by atoms with E-state index in [1.54, 1.807) is 13.0 Å². The van der Waals surface area contributed by atoms with E-state index in [-0.39, 0.29) is 24.8 Å². The molecule has 0 aliphatic rings. The summed E-state index contributed by atoms with van der Waals surface area (Å²) in [5.41, 5.74) is 0.772. The third-order valence-corrected chi connectivity index (χ3v) is 1.93. The van der Waals surface area contributed by atoms with Crippen LogP contribution in [0.1, 0.15) is 16.1 Å². The van der Waals surface area contributed by atoms with Crippen molar-refractivity contribution in [1.82, 2.24) is 5.32 Å². The lowest BCUT2D eigenvalue weighted by molar-refractivity contribution is 0.0603. The fraction of sp³-hybridized carbons (Fsp3) is 0.500. The van der Waals surface area contributed by atoms with Gasteiger partial charge in [0.15, 0.2) is 5.76 Å². The van der Waals surface area contributed by atoms with E-state index >= 15 is 0 Å². The highest BCUT2D eigenvalue weighted by Gasteiger charge is 2.13. The van der Waals surface area contributed by atoms with Gasteiger partial charge in [-0.05, 0) is 13.0 Å². The predicted octanol–water partition coefficient (Wildman–Crippen LogP) is 0.325. The molecule has 0 fully saturated rings. The number of hydrogen-bond donors (Lipinski definition) is 2. The Morgan fingerprint density at radius 1 is 1.73 bits per heavy atom. The maximum Gasteiger partial charge on any atom is 0.287 e. The topological polar surface area (TPSA) is 71.7 Å². The third-order valence-electron chi connectivity index (χ3n) is 1.93. The average molecular weight is 213 g/mol. The molecule has 0 radical (unpaired) electrons. The third kappa shape index (κ3) is 3.38. The van der Waals surface area contributed by atoms with Crippen molar-refractivity contribution in [3.8, 4) is 0 Å². The molecule has 1 atom stereocenters. The van der Waals surface area contributed by atoms with Gasteiger partial charge in [-0.2, -0.15) is 0 Å². The van der Waals surface area contributed by atoms with Gasteiger partial charge in [0.1, 0.15) is 0 Å². The number of furan rings is 1. The summed E-state index contributed by atoms with van der Waals surface area (Å²) in [6.45, 7) is 2.12. The van der Waals surface area contributed by atoms with Gasteiger partial charge in [-0.1, -0.05) is 0 Å². The zero-order chi connectivity index (χ0) is 11.3. The van der Waals surface area contributed by atoms with Crippen molar-refractivity contribution in [1.29, 1.82) is 0 Å². The maximum atomic E-state index is 11.5. The number of carbonyl (C=O) groups is 1. The number of amides is 1. The Morgan fingerprint density at radius 2 is 2.47 bits per heavy atom. The summed E-state index contributed by atoms with van der Waals surface area (Å²) < 4.78 is 9.72. The van der Waals surface area contributed by atoms with Gasteiger partial charge in [0.25, 0.3) is 5.91 Å². The van der Waals surface area contributed by atoms with Gasteiger partial charge >= 0.3 is 0 Å². The van der Waals surface area contributed by atoms with E-state index in [2.05, 4.69) is 5.32 Å². The minimum Gasteiger partial charge on any atom is -0.459 e. The molecule has 2 N–H and O–H groups in total. The molecule has 84 valence electrons. The molecule has 1 amide bonds. The first kappa shape index (κ1) is 11.7. The monoisotopic (exact) mass is 213 g/mol. The molecule has 0 bridgehead atoms. The second kappa shape index (κ2) is 5.53. The number of nitrogens with one attached hydrogen (secondary N) is 1. The summed E-state index contributed by atoms with van der Waals surface area (Å²) >= 11 is 0. The van der Waals surface area contributed by atoms with E-state index < -0.39 is 6.10 Å². The van der Waals surface area contributed by atoms with Crippen LogP contribution >= 0.6 is 0 Å². The molecule has 5 heteroatoms. The number of aryl methyl sites for hydroxylation is 1. The normalized spacial score (nSPS) is 12.5. The smallest absolute Gasteiger partial charge is 0.287 e.